The fourth-order valence-electron chi connectivity index (χ4n) is 1.86. The molecule has 0 fully saturated rings. The Bertz CT molecular complexity index is 746. The fourth-order valence-corrected chi connectivity index (χ4v) is 3.99. The van der Waals surface area contributed by atoms with Gasteiger partial charge in [-0.2, -0.15) is 0 Å². The summed E-state index contributed by atoms with van der Waals surface area (Å²) in [5.41, 5.74) is 0.898. The van der Waals surface area contributed by atoms with Crippen molar-refractivity contribution in [3.05, 3.63) is 52.5 Å². The van der Waals surface area contributed by atoms with Gasteiger partial charge in [0, 0.05) is 15.9 Å². The van der Waals surface area contributed by atoms with Crippen LogP contribution in [0.15, 0.2) is 56.7 Å². The van der Waals surface area contributed by atoms with Crippen molar-refractivity contribution in [2.75, 3.05) is 13.4 Å². The smallest absolute Gasteiger partial charge is 0.244 e. The minimum atomic E-state index is -3.65. The van der Waals surface area contributed by atoms with Crippen LogP contribution < -0.4 is 9.46 Å². The molecule has 2 aromatic rings. The molecule has 0 saturated heterocycles. The van der Waals surface area contributed by atoms with Gasteiger partial charge in [0.2, 0.25) is 10.0 Å². The molecule has 0 saturated carbocycles. The molecule has 0 bridgehead atoms. The average molecular weight is 402 g/mol. The maximum absolute atomic E-state index is 12.4. The van der Waals surface area contributed by atoms with Crippen LogP contribution in [-0.2, 0) is 16.6 Å². The first-order valence-electron chi connectivity index (χ1n) is 6.42. The second-order valence-electron chi connectivity index (χ2n) is 4.47. The van der Waals surface area contributed by atoms with E-state index >= 15 is 0 Å². The van der Waals surface area contributed by atoms with Crippen molar-refractivity contribution in [1.29, 1.82) is 0 Å². The van der Waals surface area contributed by atoms with Crippen LogP contribution in [0.4, 0.5) is 0 Å². The standard InChI is InChI=1S/C15H16BrNO3S2/c1-20-14-8-5-12(16)9-15(14)22(18,19)17-10-11-3-6-13(21-2)7-4-11/h3-9,17H,10H2,1-2H3. The van der Waals surface area contributed by atoms with Gasteiger partial charge in [0.1, 0.15) is 10.6 Å². The Morgan fingerprint density at radius 1 is 1.18 bits per heavy atom. The van der Waals surface area contributed by atoms with E-state index in [1.165, 1.54) is 13.2 Å². The molecule has 0 aliphatic rings. The molecular formula is C15H16BrNO3S2. The molecule has 22 heavy (non-hydrogen) atoms. The highest BCUT2D eigenvalue weighted by Crippen LogP contribution is 2.27. The molecule has 0 amide bonds. The Balaban J connectivity index is 2.18. The maximum Gasteiger partial charge on any atom is 0.244 e. The molecule has 0 aliphatic heterocycles. The number of benzene rings is 2. The summed E-state index contributed by atoms with van der Waals surface area (Å²) in [6.07, 6.45) is 2.00. The lowest BCUT2D eigenvalue weighted by Gasteiger charge is -2.11. The average Bonchev–Trinajstić information content (AvgIpc) is 2.53. The second kappa shape index (κ2) is 7.50. The molecular weight excluding hydrogens is 386 g/mol. The summed E-state index contributed by atoms with van der Waals surface area (Å²) >= 11 is 4.92. The lowest BCUT2D eigenvalue weighted by Crippen LogP contribution is -2.23. The van der Waals surface area contributed by atoms with Gasteiger partial charge in [-0.1, -0.05) is 28.1 Å². The van der Waals surface area contributed by atoms with Gasteiger partial charge in [0.05, 0.1) is 7.11 Å². The minimum absolute atomic E-state index is 0.116. The van der Waals surface area contributed by atoms with E-state index in [4.69, 9.17) is 4.74 Å². The largest absolute Gasteiger partial charge is 0.495 e. The van der Waals surface area contributed by atoms with Gasteiger partial charge < -0.3 is 4.74 Å². The Morgan fingerprint density at radius 2 is 1.86 bits per heavy atom. The molecule has 2 rings (SSSR count). The van der Waals surface area contributed by atoms with Crippen molar-refractivity contribution in [2.45, 2.75) is 16.3 Å². The van der Waals surface area contributed by atoms with E-state index < -0.39 is 10.0 Å². The van der Waals surface area contributed by atoms with Gasteiger partial charge in [-0.3, -0.25) is 0 Å². The molecule has 0 atom stereocenters. The van der Waals surface area contributed by atoms with Crippen LogP contribution in [0.25, 0.3) is 0 Å². The topological polar surface area (TPSA) is 55.4 Å². The lowest BCUT2D eigenvalue weighted by atomic mass is 10.2. The summed E-state index contributed by atoms with van der Waals surface area (Å²) in [7, 11) is -2.20. The number of halogens is 1. The molecule has 2 aromatic carbocycles. The first-order chi connectivity index (χ1) is 10.5. The summed E-state index contributed by atoms with van der Waals surface area (Å²) in [5, 5.41) is 0. The van der Waals surface area contributed by atoms with E-state index in [9.17, 15) is 8.42 Å². The van der Waals surface area contributed by atoms with Crippen LogP contribution in [0.1, 0.15) is 5.56 Å². The molecule has 1 N–H and O–H groups in total. The number of ether oxygens (including phenoxy) is 1. The van der Waals surface area contributed by atoms with Crippen molar-refractivity contribution in [1.82, 2.24) is 4.72 Å². The molecule has 0 spiro atoms. The van der Waals surface area contributed by atoms with Crippen molar-refractivity contribution >= 4 is 37.7 Å². The minimum Gasteiger partial charge on any atom is -0.495 e. The van der Waals surface area contributed by atoms with E-state index in [-0.39, 0.29) is 11.4 Å². The number of nitrogens with one attached hydrogen (secondary N) is 1. The molecule has 0 aliphatic carbocycles. The van der Waals surface area contributed by atoms with Crippen molar-refractivity contribution in [3.63, 3.8) is 0 Å². The molecule has 0 heterocycles. The molecule has 4 nitrogen and oxygen atoms in total. The predicted octanol–water partition coefficient (Wildman–Crippen LogP) is 3.66. The third-order valence-corrected chi connectivity index (χ3v) is 5.70. The third-order valence-electron chi connectivity index (χ3n) is 3.04. The Labute approximate surface area is 143 Å². The highest BCUT2D eigenvalue weighted by Gasteiger charge is 2.19. The quantitative estimate of drug-likeness (QED) is 0.750. The highest BCUT2D eigenvalue weighted by atomic mass is 79.9. The monoisotopic (exact) mass is 401 g/mol. The molecule has 118 valence electrons. The van der Waals surface area contributed by atoms with Crippen LogP contribution >= 0.6 is 27.7 Å². The van der Waals surface area contributed by atoms with E-state index in [1.807, 2.05) is 30.5 Å². The highest BCUT2D eigenvalue weighted by molar-refractivity contribution is 9.10. The predicted molar refractivity (Wildman–Crippen MR) is 92.9 cm³/mol. The van der Waals surface area contributed by atoms with Gasteiger partial charge in [0.15, 0.2) is 0 Å². The first-order valence-corrected chi connectivity index (χ1v) is 9.92. The van der Waals surface area contributed by atoms with E-state index in [1.54, 1.807) is 23.9 Å². The Kier molecular flexibility index (Phi) is 5.91. The van der Waals surface area contributed by atoms with Crippen molar-refractivity contribution in [2.24, 2.45) is 0 Å². The molecule has 0 aromatic heterocycles. The van der Waals surface area contributed by atoms with Gasteiger partial charge in [0.25, 0.3) is 0 Å². The number of methoxy groups -OCH3 is 1. The zero-order chi connectivity index (χ0) is 16.2. The van der Waals surface area contributed by atoms with Crippen LogP contribution in [0, 0.1) is 0 Å². The van der Waals surface area contributed by atoms with Crippen LogP contribution in [0.5, 0.6) is 5.75 Å². The normalized spacial score (nSPS) is 11.4. The summed E-state index contributed by atoms with van der Waals surface area (Å²) in [5.74, 6) is 0.313. The van der Waals surface area contributed by atoms with Crippen molar-refractivity contribution < 1.29 is 13.2 Å². The summed E-state index contributed by atoms with van der Waals surface area (Å²) in [6.45, 7) is 0.229. The Morgan fingerprint density at radius 3 is 2.45 bits per heavy atom. The molecule has 7 heteroatoms. The van der Waals surface area contributed by atoms with Crippen molar-refractivity contribution in [3.8, 4) is 5.75 Å². The first kappa shape index (κ1) is 17.3. The number of hydrogen-bond acceptors (Lipinski definition) is 4. The van der Waals surface area contributed by atoms with Gasteiger partial charge in [-0.15, -0.1) is 11.8 Å². The zero-order valence-corrected chi connectivity index (χ0v) is 15.4. The third kappa shape index (κ3) is 4.25. The summed E-state index contributed by atoms with van der Waals surface area (Å²) in [4.78, 5) is 1.25. The number of hydrogen-bond donors (Lipinski definition) is 1. The fraction of sp³-hybridized carbons (Fsp3) is 0.200. The SMILES string of the molecule is COc1ccc(Br)cc1S(=O)(=O)NCc1ccc(SC)cc1. The van der Waals surface area contributed by atoms with Crippen LogP contribution in [-0.4, -0.2) is 21.8 Å². The number of thioether (sulfide) groups is 1. The lowest BCUT2D eigenvalue weighted by molar-refractivity contribution is 0.402. The number of sulfonamides is 1. The van der Waals surface area contributed by atoms with Gasteiger partial charge >= 0.3 is 0 Å². The van der Waals surface area contributed by atoms with Gasteiger partial charge in [-0.05, 0) is 42.2 Å². The zero-order valence-electron chi connectivity index (χ0n) is 12.2. The summed E-state index contributed by atoms with van der Waals surface area (Å²) < 4.78 is 33.3. The van der Waals surface area contributed by atoms with E-state index in [2.05, 4.69) is 20.7 Å². The van der Waals surface area contributed by atoms with Crippen LogP contribution in [0.3, 0.4) is 0 Å². The van der Waals surface area contributed by atoms with Crippen LogP contribution in [0.2, 0.25) is 0 Å². The molecule has 0 radical (unpaired) electrons. The van der Waals surface area contributed by atoms with E-state index in [0.29, 0.717) is 10.2 Å². The number of rotatable bonds is 6. The molecule has 0 unspecified atom stereocenters. The summed E-state index contributed by atoms with van der Waals surface area (Å²) in [6, 6.07) is 12.6. The van der Waals surface area contributed by atoms with Gasteiger partial charge in [-0.25, -0.2) is 13.1 Å². The van der Waals surface area contributed by atoms with E-state index in [0.717, 1.165) is 10.5 Å². The maximum atomic E-state index is 12.4. The second-order valence-corrected chi connectivity index (χ2v) is 8.00. The Hall–Kier alpha value is -1.02.